The predicted octanol–water partition coefficient (Wildman–Crippen LogP) is 3.32. The minimum absolute atomic E-state index is 0. The lowest BCUT2D eigenvalue weighted by Gasteiger charge is -2.20. The molecule has 0 aliphatic carbocycles. The number of anilines is 1. The van der Waals surface area contributed by atoms with E-state index in [1.807, 2.05) is 4.90 Å². The lowest BCUT2D eigenvalue weighted by Crippen LogP contribution is -2.26. The van der Waals surface area contributed by atoms with Gasteiger partial charge in [0.05, 0.1) is 16.3 Å². The molecule has 1 fully saturated rings. The molecule has 0 radical (unpaired) electrons. The Morgan fingerprint density at radius 3 is 2.44 bits per heavy atom. The van der Waals surface area contributed by atoms with Crippen molar-refractivity contribution in [1.82, 2.24) is 0 Å². The molecule has 1 aromatic rings. The molecular weight excluding hydrogens is 288 g/mol. The van der Waals surface area contributed by atoms with Crippen molar-refractivity contribution in [3.8, 4) is 0 Å². The molecule has 2 nitrogen and oxygen atoms in total. The summed E-state index contributed by atoms with van der Waals surface area (Å²) in [7, 11) is 0. The van der Waals surface area contributed by atoms with Gasteiger partial charge < -0.3 is 10.6 Å². The van der Waals surface area contributed by atoms with Crippen molar-refractivity contribution in [3.63, 3.8) is 0 Å². The van der Waals surface area contributed by atoms with Gasteiger partial charge in [0.25, 0.3) is 0 Å². The van der Waals surface area contributed by atoms with E-state index in [0.717, 1.165) is 25.1 Å². The van der Waals surface area contributed by atoms with Crippen LogP contribution in [0.25, 0.3) is 0 Å². The zero-order valence-electron chi connectivity index (χ0n) is 9.38. The van der Waals surface area contributed by atoms with Crippen LogP contribution < -0.4 is 10.6 Å². The van der Waals surface area contributed by atoms with Gasteiger partial charge in [-0.25, -0.2) is 0 Å². The minimum Gasteiger partial charge on any atom is -0.369 e. The number of rotatable bonds is 1. The summed E-state index contributed by atoms with van der Waals surface area (Å²) in [4.78, 5) is 1.91. The van der Waals surface area contributed by atoms with Gasteiger partial charge in [0.2, 0.25) is 0 Å². The van der Waals surface area contributed by atoms with E-state index in [1.165, 1.54) is 6.07 Å². The number of hydrogen-bond donors (Lipinski definition) is 1. The molecular formula is C11H13Cl2F3N2. The molecule has 2 rings (SSSR count). The van der Waals surface area contributed by atoms with E-state index < -0.39 is 11.7 Å². The Labute approximate surface area is 114 Å². The fourth-order valence-electron chi connectivity index (χ4n) is 1.95. The average Bonchev–Trinajstić information content (AvgIpc) is 2.63. The zero-order valence-corrected chi connectivity index (χ0v) is 10.9. The topological polar surface area (TPSA) is 29.3 Å². The van der Waals surface area contributed by atoms with Gasteiger partial charge in [-0.05, 0) is 24.6 Å². The first kappa shape index (κ1) is 15.4. The summed E-state index contributed by atoms with van der Waals surface area (Å²) in [5.41, 5.74) is 5.64. The molecule has 0 amide bonds. The Hall–Kier alpha value is -0.650. The highest BCUT2D eigenvalue weighted by atomic mass is 35.5. The van der Waals surface area contributed by atoms with Crippen molar-refractivity contribution >= 4 is 29.7 Å². The summed E-state index contributed by atoms with van der Waals surface area (Å²) in [5.74, 6) is 0. The quantitative estimate of drug-likeness (QED) is 0.862. The predicted molar refractivity (Wildman–Crippen MR) is 68.5 cm³/mol. The fraction of sp³-hybridized carbons (Fsp3) is 0.455. The SMILES string of the molecule is Cl.N[C@@H]1CCN(c2ccc(C(F)(F)F)cc2Cl)C1. The summed E-state index contributed by atoms with van der Waals surface area (Å²) >= 11 is 5.88. The first-order valence-electron chi connectivity index (χ1n) is 5.25. The highest BCUT2D eigenvalue weighted by Crippen LogP contribution is 2.35. The van der Waals surface area contributed by atoms with Crippen molar-refractivity contribution in [2.45, 2.75) is 18.6 Å². The summed E-state index contributed by atoms with van der Waals surface area (Å²) in [6.07, 6.45) is -3.53. The number of benzene rings is 1. The summed E-state index contributed by atoms with van der Waals surface area (Å²) < 4.78 is 37.3. The van der Waals surface area contributed by atoms with Crippen LogP contribution in [0.3, 0.4) is 0 Å². The third-order valence-electron chi connectivity index (χ3n) is 2.84. The van der Waals surface area contributed by atoms with E-state index in [1.54, 1.807) is 0 Å². The van der Waals surface area contributed by atoms with Gasteiger partial charge in [-0.1, -0.05) is 11.6 Å². The largest absolute Gasteiger partial charge is 0.416 e. The van der Waals surface area contributed by atoms with Crippen molar-refractivity contribution in [1.29, 1.82) is 0 Å². The lowest BCUT2D eigenvalue weighted by atomic mass is 10.2. The number of nitrogens with two attached hydrogens (primary N) is 1. The van der Waals surface area contributed by atoms with Crippen molar-refractivity contribution < 1.29 is 13.2 Å². The van der Waals surface area contributed by atoms with Gasteiger partial charge in [0, 0.05) is 19.1 Å². The Morgan fingerprint density at radius 2 is 2.00 bits per heavy atom. The maximum Gasteiger partial charge on any atom is 0.416 e. The van der Waals surface area contributed by atoms with Gasteiger partial charge in [-0.2, -0.15) is 13.2 Å². The first-order chi connectivity index (χ1) is 7.88. The monoisotopic (exact) mass is 300 g/mol. The van der Waals surface area contributed by atoms with Crippen LogP contribution in [-0.2, 0) is 6.18 Å². The van der Waals surface area contributed by atoms with E-state index in [0.29, 0.717) is 12.2 Å². The summed E-state index contributed by atoms with van der Waals surface area (Å²) in [6.45, 7) is 1.36. The molecule has 18 heavy (non-hydrogen) atoms. The molecule has 1 aliphatic heterocycles. The Morgan fingerprint density at radius 1 is 1.33 bits per heavy atom. The smallest absolute Gasteiger partial charge is 0.369 e. The summed E-state index contributed by atoms with van der Waals surface area (Å²) in [6, 6.07) is 3.47. The molecule has 0 bridgehead atoms. The van der Waals surface area contributed by atoms with Crippen molar-refractivity contribution in [3.05, 3.63) is 28.8 Å². The van der Waals surface area contributed by atoms with Gasteiger partial charge in [-0.15, -0.1) is 12.4 Å². The van der Waals surface area contributed by atoms with Crippen LogP contribution in [0, 0.1) is 0 Å². The molecule has 1 heterocycles. The Bertz CT molecular complexity index is 423. The van der Waals surface area contributed by atoms with Crippen LogP contribution >= 0.6 is 24.0 Å². The molecule has 1 saturated heterocycles. The molecule has 0 aromatic heterocycles. The van der Waals surface area contributed by atoms with Crippen LogP contribution in [0.1, 0.15) is 12.0 Å². The van der Waals surface area contributed by atoms with Crippen molar-refractivity contribution in [2.24, 2.45) is 5.73 Å². The molecule has 7 heteroatoms. The number of alkyl halides is 3. The average molecular weight is 301 g/mol. The zero-order chi connectivity index (χ0) is 12.6. The lowest BCUT2D eigenvalue weighted by molar-refractivity contribution is -0.137. The maximum absolute atomic E-state index is 12.4. The van der Waals surface area contributed by atoms with Crippen LogP contribution in [0.15, 0.2) is 18.2 Å². The van der Waals surface area contributed by atoms with E-state index in [9.17, 15) is 13.2 Å². The summed E-state index contributed by atoms with van der Waals surface area (Å²) in [5, 5.41) is 0.119. The molecule has 1 aliphatic rings. The van der Waals surface area contributed by atoms with Gasteiger partial charge in [-0.3, -0.25) is 0 Å². The second-order valence-corrected chi connectivity index (χ2v) is 4.57. The highest BCUT2D eigenvalue weighted by molar-refractivity contribution is 6.33. The first-order valence-corrected chi connectivity index (χ1v) is 5.63. The van der Waals surface area contributed by atoms with E-state index in [-0.39, 0.29) is 23.5 Å². The van der Waals surface area contributed by atoms with Crippen LogP contribution in [0.2, 0.25) is 5.02 Å². The molecule has 1 aromatic carbocycles. The normalized spacial score (nSPS) is 19.8. The number of halogens is 5. The van der Waals surface area contributed by atoms with E-state index in [2.05, 4.69) is 0 Å². The van der Waals surface area contributed by atoms with Crippen LogP contribution in [0.5, 0.6) is 0 Å². The molecule has 0 unspecified atom stereocenters. The minimum atomic E-state index is -4.36. The third-order valence-corrected chi connectivity index (χ3v) is 3.14. The number of nitrogens with zero attached hydrogens (tertiary/aromatic N) is 1. The standard InChI is InChI=1S/C11H12ClF3N2.ClH/c12-9-5-7(11(13,14)15)1-2-10(9)17-4-3-8(16)6-17;/h1-2,5,8H,3-4,6,16H2;1H/t8-;/m1./s1. The van der Waals surface area contributed by atoms with Gasteiger partial charge in [0.15, 0.2) is 0 Å². The third kappa shape index (κ3) is 3.22. The maximum atomic E-state index is 12.4. The molecule has 0 spiro atoms. The van der Waals surface area contributed by atoms with Crippen molar-refractivity contribution in [2.75, 3.05) is 18.0 Å². The van der Waals surface area contributed by atoms with E-state index in [4.69, 9.17) is 17.3 Å². The molecule has 2 N–H and O–H groups in total. The fourth-order valence-corrected chi connectivity index (χ4v) is 2.25. The van der Waals surface area contributed by atoms with Crippen LogP contribution in [-0.4, -0.2) is 19.1 Å². The van der Waals surface area contributed by atoms with Gasteiger partial charge in [0.1, 0.15) is 0 Å². The van der Waals surface area contributed by atoms with Crippen LogP contribution in [0.4, 0.5) is 18.9 Å². The highest BCUT2D eigenvalue weighted by Gasteiger charge is 2.31. The molecule has 0 saturated carbocycles. The number of hydrogen-bond acceptors (Lipinski definition) is 2. The second kappa shape index (κ2) is 5.55. The van der Waals surface area contributed by atoms with Gasteiger partial charge >= 0.3 is 6.18 Å². The second-order valence-electron chi connectivity index (χ2n) is 4.16. The Balaban J connectivity index is 0.00000162. The molecule has 102 valence electrons. The van der Waals surface area contributed by atoms with E-state index >= 15 is 0 Å². The Kier molecular flexibility index (Phi) is 4.75. The molecule has 1 atom stereocenters.